The van der Waals surface area contributed by atoms with Crippen molar-refractivity contribution in [3.63, 3.8) is 0 Å². The number of anilines is 2. The number of benzene rings is 2. The average Bonchev–Trinajstić information content (AvgIpc) is 2.74. The van der Waals surface area contributed by atoms with Gasteiger partial charge in [-0.15, -0.1) is 0 Å². The van der Waals surface area contributed by atoms with E-state index in [4.69, 9.17) is 4.74 Å². The van der Waals surface area contributed by atoms with Gasteiger partial charge in [-0.25, -0.2) is 0 Å². The van der Waals surface area contributed by atoms with E-state index in [1.54, 1.807) is 6.07 Å². The van der Waals surface area contributed by atoms with E-state index in [9.17, 15) is 9.59 Å². The Labute approximate surface area is 171 Å². The lowest BCUT2D eigenvalue weighted by Crippen LogP contribution is -2.44. The first-order chi connectivity index (χ1) is 14.1. The number of para-hydroxylation sites is 1. The predicted molar refractivity (Wildman–Crippen MR) is 113 cm³/mol. The van der Waals surface area contributed by atoms with Gasteiger partial charge in [0.1, 0.15) is 5.75 Å². The fourth-order valence-electron chi connectivity index (χ4n) is 3.91. The first-order valence-corrected chi connectivity index (χ1v) is 10.2. The molecule has 2 heterocycles. The van der Waals surface area contributed by atoms with Crippen LogP contribution in [-0.4, -0.2) is 42.5 Å². The zero-order chi connectivity index (χ0) is 20.2. The van der Waals surface area contributed by atoms with Gasteiger partial charge < -0.3 is 20.3 Å². The minimum atomic E-state index is 0.0189. The second-order valence-electron chi connectivity index (χ2n) is 7.77. The first kappa shape index (κ1) is 19.3. The molecule has 1 fully saturated rings. The zero-order valence-corrected chi connectivity index (χ0v) is 16.7. The van der Waals surface area contributed by atoms with Gasteiger partial charge in [-0.3, -0.25) is 9.59 Å². The Morgan fingerprint density at radius 2 is 1.97 bits per heavy atom. The van der Waals surface area contributed by atoms with Gasteiger partial charge in [0.2, 0.25) is 5.91 Å². The summed E-state index contributed by atoms with van der Waals surface area (Å²) < 4.78 is 5.73. The maximum Gasteiger partial charge on any atom is 0.260 e. The third-order valence-electron chi connectivity index (χ3n) is 5.69. The standard InChI is InChI=1S/C23H27N3O3/c1-16-4-2-3-5-20(16)24-18-10-12-26(13-11-18)23(28)15-29-19-7-8-21-17(14-19)6-9-22(27)25-21/h2-5,7-8,14,18,24H,6,9-13,15H2,1H3,(H,25,27). The average molecular weight is 393 g/mol. The van der Waals surface area contributed by atoms with Crippen LogP contribution in [0.5, 0.6) is 5.75 Å². The van der Waals surface area contributed by atoms with Crippen LogP contribution in [-0.2, 0) is 16.0 Å². The molecule has 6 nitrogen and oxygen atoms in total. The van der Waals surface area contributed by atoms with Crippen LogP contribution in [0.1, 0.15) is 30.4 Å². The Hall–Kier alpha value is -3.02. The fourth-order valence-corrected chi connectivity index (χ4v) is 3.91. The number of piperidine rings is 1. The van der Waals surface area contributed by atoms with Crippen molar-refractivity contribution >= 4 is 23.2 Å². The summed E-state index contributed by atoms with van der Waals surface area (Å²) in [6.07, 6.45) is 3.05. The molecule has 29 heavy (non-hydrogen) atoms. The number of carbonyl (C=O) groups excluding carboxylic acids is 2. The molecule has 2 aromatic carbocycles. The number of fused-ring (bicyclic) bond motifs is 1. The van der Waals surface area contributed by atoms with Gasteiger partial charge in [0.25, 0.3) is 5.91 Å². The third kappa shape index (κ3) is 4.70. The molecule has 2 N–H and O–H groups in total. The third-order valence-corrected chi connectivity index (χ3v) is 5.69. The van der Waals surface area contributed by atoms with Gasteiger partial charge in [-0.1, -0.05) is 18.2 Å². The Bertz CT molecular complexity index is 904. The SMILES string of the molecule is Cc1ccccc1NC1CCN(C(=O)COc2ccc3c(c2)CCC(=O)N3)CC1. The smallest absolute Gasteiger partial charge is 0.260 e. The van der Waals surface area contributed by atoms with Crippen LogP contribution in [0.4, 0.5) is 11.4 Å². The number of aryl methyl sites for hydroxylation is 2. The van der Waals surface area contributed by atoms with Crippen LogP contribution in [0.2, 0.25) is 0 Å². The molecule has 0 spiro atoms. The normalized spacial score (nSPS) is 16.7. The topological polar surface area (TPSA) is 70.7 Å². The summed E-state index contributed by atoms with van der Waals surface area (Å²) in [5.74, 6) is 0.733. The molecule has 0 atom stereocenters. The predicted octanol–water partition coefficient (Wildman–Crippen LogP) is 3.36. The molecule has 2 amide bonds. The molecule has 0 aliphatic carbocycles. The van der Waals surface area contributed by atoms with Gasteiger partial charge in [0.05, 0.1) is 0 Å². The molecule has 2 aliphatic heterocycles. The molecule has 0 saturated carbocycles. The van der Waals surface area contributed by atoms with E-state index < -0.39 is 0 Å². The molecule has 0 aromatic heterocycles. The number of nitrogens with zero attached hydrogens (tertiary/aromatic N) is 1. The number of rotatable bonds is 5. The Kier molecular flexibility index (Phi) is 5.69. The number of carbonyl (C=O) groups is 2. The van der Waals surface area contributed by atoms with Crippen LogP contribution in [0.15, 0.2) is 42.5 Å². The summed E-state index contributed by atoms with van der Waals surface area (Å²) in [6, 6.07) is 14.2. The molecule has 2 aliphatic rings. The maximum atomic E-state index is 12.5. The molecule has 1 saturated heterocycles. The van der Waals surface area contributed by atoms with E-state index in [1.165, 1.54) is 11.3 Å². The Morgan fingerprint density at radius 1 is 1.17 bits per heavy atom. The summed E-state index contributed by atoms with van der Waals surface area (Å²) >= 11 is 0. The van der Waals surface area contributed by atoms with Gasteiger partial charge in [0.15, 0.2) is 6.61 Å². The highest BCUT2D eigenvalue weighted by molar-refractivity contribution is 5.94. The van der Waals surface area contributed by atoms with Crippen LogP contribution in [0, 0.1) is 6.92 Å². The first-order valence-electron chi connectivity index (χ1n) is 10.2. The number of nitrogens with one attached hydrogen (secondary N) is 2. The van der Waals surface area contributed by atoms with Gasteiger partial charge >= 0.3 is 0 Å². The van der Waals surface area contributed by atoms with Crippen LogP contribution >= 0.6 is 0 Å². The van der Waals surface area contributed by atoms with Gasteiger partial charge in [-0.05, 0) is 61.6 Å². The van der Waals surface area contributed by atoms with E-state index >= 15 is 0 Å². The molecule has 0 bridgehead atoms. The quantitative estimate of drug-likeness (QED) is 0.817. The summed E-state index contributed by atoms with van der Waals surface area (Å²) in [5.41, 5.74) is 4.30. The lowest BCUT2D eigenvalue weighted by atomic mass is 10.0. The number of hydrogen-bond donors (Lipinski definition) is 2. The second kappa shape index (κ2) is 8.55. The summed E-state index contributed by atoms with van der Waals surface area (Å²) in [7, 11) is 0. The fraction of sp³-hybridized carbons (Fsp3) is 0.391. The number of likely N-dealkylation sites (tertiary alicyclic amines) is 1. The van der Waals surface area contributed by atoms with Crippen molar-refractivity contribution in [3.05, 3.63) is 53.6 Å². The summed E-state index contributed by atoms with van der Waals surface area (Å²) in [5, 5.41) is 6.45. The number of ether oxygens (including phenoxy) is 1. The minimum Gasteiger partial charge on any atom is -0.484 e. The molecular weight excluding hydrogens is 366 g/mol. The van der Waals surface area contributed by atoms with E-state index in [1.807, 2.05) is 29.2 Å². The van der Waals surface area contributed by atoms with E-state index in [0.29, 0.717) is 24.6 Å². The lowest BCUT2D eigenvalue weighted by molar-refractivity contribution is -0.134. The molecule has 0 radical (unpaired) electrons. The van der Waals surface area contributed by atoms with E-state index in [-0.39, 0.29) is 18.4 Å². The molecule has 6 heteroatoms. The maximum absolute atomic E-state index is 12.5. The number of amides is 2. The highest BCUT2D eigenvalue weighted by atomic mass is 16.5. The molecule has 0 unspecified atom stereocenters. The van der Waals surface area contributed by atoms with Crippen molar-refractivity contribution < 1.29 is 14.3 Å². The van der Waals surface area contributed by atoms with E-state index in [2.05, 4.69) is 29.7 Å². The largest absolute Gasteiger partial charge is 0.484 e. The van der Waals surface area contributed by atoms with Crippen molar-refractivity contribution in [3.8, 4) is 5.75 Å². The number of hydrogen-bond acceptors (Lipinski definition) is 4. The van der Waals surface area contributed by atoms with E-state index in [0.717, 1.165) is 37.2 Å². The minimum absolute atomic E-state index is 0.0189. The van der Waals surface area contributed by atoms with Crippen molar-refractivity contribution in [2.45, 2.75) is 38.6 Å². The molecule has 152 valence electrons. The van der Waals surface area contributed by atoms with Crippen molar-refractivity contribution in [1.82, 2.24) is 4.90 Å². The highest BCUT2D eigenvalue weighted by Gasteiger charge is 2.23. The Balaban J connectivity index is 1.25. The zero-order valence-electron chi connectivity index (χ0n) is 16.7. The van der Waals surface area contributed by atoms with Gasteiger partial charge in [0, 0.05) is 36.9 Å². The molecular formula is C23H27N3O3. The lowest BCUT2D eigenvalue weighted by Gasteiger charge is -2.33. The van der Waals surface area contributed by atoms with Crippen LogP contribution < -0.4 is 15.4 Å². The summed E-state index contributed by atoms with van der Waals surface area (Å²) in [4.78, 5) is 25.9. The van der Waals surface area contributed by atoms with Crippen LogP contribution in [0.25, 0.3) is 0 Å². The molecule has 4 rings (SSSR count). The van der Waals surface area contributed by atoms with Crippen molar-refractivity contribution in [1.29, 1.82) is 0 Å². The van der Waals surface area contributed by atoms with Crippen LogP contribution in [0.3, 0.4) is 0 Å². The Morgan fingerprint density at radius 3 is 2.76 bits per heavy atom. The van der Waals surface area contributed by atoms with Crippen molar-refractivity contribution in [2.75, 3.05) is 30.3 Å². The second-order valence-corrected chi connectivity index (χ2v) is 7.77. The highest BCUT2D eigenvalue weighted by Crippen LogP contribution is 2.27. The van der Waals surface area contributed by atoms with Crippen molar-refractivity contribution in [2.24, 2.45) is 0 Å². The summed E-state index contributed by atoms with van der Waals surface area (Å²) in [6.45, 7) is 3.62. The van der Waals surface area contributed by atoms with Gasteiger partial charge in [-0.2, -0.15) is 0 Å². The monoisotopic (exact) mass is 393 g/mol. The molecule has 2 aromatic rings.